The van der Waals surface area contributed by atoms with E-state index < -0.39 is 29.2 Å². The molecular formula is C24H20F3NO3. The summed E-state index contributed by atoms with van der Waals surface area (Å²) in [6.07, 6.45) is 5.36. The Hall–Kier alpha value is -3.61. The molecule has 0 fully saturated rings. The average Bonchev–Trinajstić information content (AvgIpc) is 2.71. The second-order valence-corrected chi connectivity index (χ2v) is 6.95. The molecule has 0 bridgehead atoms. The number of anilines is 1. The zero-order valence-corrected chi connectivity index (χ0v) is 16.7. The first kappa shape index (κ1) is 22.1. The minimum atomic E-state index is -3.12. The van der Waals surface area contributed by atoms with Crippen LogP contribution in [0, 0.1) is 5.82 Å². The third-order valence-corrected chi connectivity index (χ3v) is 4.82. The van der Waals surface area contributed by atoms with Gasteiger partial charge in [-0.1, -0.05) is 42.5 Å². The number of hydrogen-bond acceptors (Lipinski definition) is 2. The lowest BCUT2D eigenvalue weighted by molar-refractivity contribution is -0.134. The van der Waals surface area contributed by atoms with Crippen molar-refractivity contribution in [2.24, 2.45) is 0 Å². The van der Waals surface area contributed by atoms with Crippen LogP contribution in [0.1, 0.15) is 24.5 Å². The van der Waals surface area contributed by atoms with Crippen LogP contribution in [0.15, 0.2) is 78.4 Å². The molecule has 0 spiro atoms. The summed E-state index contributed by atoms with van der Waals surface area (Å²) in [5.74, 6) is -5.87. The van der Waals surface area contributed by atoms with Crippen molar-refractivity contribution in [2.75, 3.05) is 11.4 Å². The predicted molar refractivity (Wildman–Crippen MR) is 112 cm³/mol. The second-order valence-electron chi connectivity index (χ2n) is 6.95. The van der Waals surface area contributed by atoms with Crippen LogP contribution in [-0.4, -0.2) is 23.5 Å². The molecule has 0 atom stereocenters. The fourth-order valence-corrected chi connectivity index (χ4v) is 3.31. The number of aliphatic carboxylic acids is 1. The molecule has 0 unspecified atom stereocenters. The molecule has 0 aromatic heterocycles. The van der Waals surface area contributed by atoms with E-state index in [0.29, 0.717) is 17.6 Å². The summed E-state index contributed by atoms with van der Waals surface area (Å²) < 4.78 is 41.7. The fraction of sp³-hybridized carbons (Fsp3) is 0.167. The Morgan fingerprint density at radius 1 is 1.16 bits per heavy atom. The minimum absolute atomic E-state index is 0.133. The Morgan fingerprint density at radius 3 is 2.48 bits per heavy atom. The highest BCUT2D eigenvalue weighted by molar-refractivity contribution is 6.22. The van der Waals surface area contributed by atoms with Gasteiger partial charge in [-0.25, -0.2) is 9.18 Å². The summed E-state index contributed by atoms with van der Waals surface area (Å²) in [7, 11) is 0. The van der Waals surface area contributed by atoms with Gasteiger partial charge in [-0.15, -0.1) is 0 Å². The van der Waals surface area contributed by atoms with E-state index in [-0.39, 0.29) is 17.8 Å². The molecule has 1 heterocycles. The molecule has 2 aromatic carbocycles. The molecule has 1 aliphatic rings. The van der Waals surface area contributed by atoms with Gasteiger partial charge in [-0.05, 0) is 54.8 Å². The highest BCUT2D eigenvalue weighted by atomic mass is 19.3. The molecule has 31 heavy (non-hydrogen) atoms. The Kier molecular flexibility index (Phi) is 6.44. The van der Waals surface area contributed by atoms with Crippen LogP contribution in [0.2, 0.25) is 0 Å². The number of rotatable bonds is 5. The Balaban J connectivity index is 1.96. The number of carboxylic acid groups (broad SMARTS) is 1. The standard InChI is InChI=1S/C24H20F3NO3/c1-2-12-24(26,27)18-10-8-16(9-11-18)17-5-4-13-28(20-7-3-6-19(25)15-20)22(29)21(14-17)23(30)31/h2-3,5-12,14-15H,4,13H2,1H3,(H,30,31)/b12-2+,17-5+,21-14+. The number of halogens is 3. The maximum absolute atomic E-state index is 14.0. The molecule has 0 saturated carbocycles. The quantitative estimate of drug-likeness (QED) is 0.519. The van der Waals surface area contributed by atoms with E-state index in [0.717, 1.165) is 12.1 Å². The predicted octanol–water partition coefficient (Wildman–Crippen LogP) is 5.32. The van der Waals surface area contributed by atoms with Crippen molar-refractivity contribution in [3.63, 3.8) is 0 Å². The fourth-order valence-electron chi connectivity index (χ4n) is 3.31. The number of amides is 1. The molecule has 0 saturated heterocycles. The van der Waals surface area contributed by atoms with Gasteiger partial charge in [0.1, 0.15) is 11.4 Å². The Labute approximate surface area is 177 Å². The van der Waals surface area contributed by atoms with E-state index in [1.165, 1.54) is 66.4 Å². The Bertz CT molecular complexity index is 1090. The summed E-state index contributed by atoms with van der Waals surface area (Å²) >= 11 is 0. The van der Waals surface area contributed by atoms with Crippen LogP contribution in [0.5, 0.6) is 0 Å². The van der Waals surface area contributed by atoms with Gasteiger partial charge in [0.05, 0.1) is 0 Å². The van der Waals surface area contributed by atoms with Crippen molar-refractivity contribution in [3.8, 4) is 0 Å². The van der Waals surface area contributed by atoms with Crippen molar-refractivity contribution in [1.82, 2.24) is 0 Å². The first-order chi connectivity index (χ1) is 14.7. The van der Waals surface area contributed by atoms with Crippen LogP contribution >= 0.6 is 0 Å². The number of carbonyl (C=O) groups excluding carboxylic acids is 1. The second kappa shape index (κ2) is 9.04. The number of carboxylic acids is 1. The average molecular weight is 427 g/mol. The van der Waals surface area contributed by atoms with Gasteiger partial charge < -0.3 is 10.0 Å². The molecule has 1 amide bonds. The third kappa shape index (κ3) is 4.94. The van der Waals surface area contributed by atoms with Crippen LogP contribution in [-0.2, 0) is 15.5 Å². The van der Waals surface area contributed by atoms with Crippen molar-refractivity contribution in [2.45, 2.75) is 19.3 Å². The lowest BCUT2D eigenvalue weighted by Gasteiger charge is -2.24. The molecule has 4 nitrogen and oxygen atoms in total. The summed E-state index contributed by atoms with van der Waals surface area (Å²) in [6, 6.07) is 10.8. The summed E-state index contributed by atoms with van der Waals surface area (Å²) in [4.78, 5) is 25.9. The highest BCUT2D eigenvalue weighted by Gasteiger charge is 2.28. The lowest BCUT2D eigenvalue weighted by Crippen LogP contribution is -2.36. The van der Waals surface area contributed by atoms with Crippen LogP contribution in [0.25, 0.3) is 5.57 Å². The van der Waals surface area contributed by atoms with E-state index in [2.05, 4.69) is 0 Å². The number of nitrogens with zero attached hydrogens (tertiary/aromatic N) is 1. The zero-order chi connectivity index (χ0) is 22.6. The molecular weight excluding hydrogens is 407 g/mol. The molecule has 3 rings (SSSR count). The smallest absolute Gasteiger partial charge is 0.341 e. The first-order valence-electron chi connectivity index (χ1n) is 9.58. The molecule has 1 N–H and O–H groups in total. The molecule has 1 aliphatic heterocycles. The zero-order valence-electron chi connectivity index (χ0n) is 16.7. The van der Waals surface area contributed by atoms with Gasteiger partial charge >= 0.3 is 5.97 Å². The van der Waals surface area contributed by atoms with E-state index in [1.807, 2.05) is 0 Å². The number of hydrogen-bond donors (Lipinski definition) is 1. The molecule has 160 valence electrons. The summed E-state index contributed by atoms with van der Waals surface area (Å²) in [5.41, 5.74) is 0.496. The van der Waals surface area contributed by atoms with Gasteiger partial charge in [0.2, 0.25) is 0 Å². The van der Waals surface area contributed by atoms with Gasteiger partial charge in [0.25, 0.3) is 11.8 Å². The normalized spacial score (nSPS) is 18.7. The number of benzene rings is 2. The summed E-state index contributed by atoms with van der Waals surface area (Å²) in [6.45, 7) is 1.64. The Morgan fingerprint density at radius 2 is 1.87 bits per heavy atom. The lowest BCUT2D eigenvalue weighted by atomic mass is 9.97. The van der Waals surface area contributed by atoms with Crippen molar-refractivity contribution < 1.29 is 27.9 Å². The van der Waals surface area contributed by atoms with Gasteiger partial charge in [0, 0.05) is 17.8 Å². The monoisotopic (exact) mass is 427 g/mol. The number of allylic oxidation sites excluding steroid dienone is 4. The van der Waals surface area contributed by atoms with Gasteiger partial charge in [0.15, 0.2) is 0 Å². The van der Waals surface area contributed by atoms with E-state index in [9.17, 15) is 27.9 Å². The van der Waals surface area contributed by atoms with Gasteiger partial charge in [-0.3, -0.25) is 4.79 Å². The molecule has 2 aromatic rings. The maximum Gasteiger partial charge on any atom is 0.341 e. The van der Waals surface area contributed by atoms with E-state index in [1.54, 1.807) is 6.08 Å². The minimum Gasteiger partial charge on any atom is -0.477 e. The molecule has 0 aliphatic carbocycles. The first-order valence-corrected chi connectivity index (χ1v) is 9.58. The van der Waals surface area contributed by atoms with Crippen LogP contribution in [0.3, 0.4) is 0 Å². The topological polar surface area (TPSA) is 57.6 Å². The van der Waals surface area contributed by atoms with E-state index >= 15 is 0 Å². The van der Waals surface area contributed by atoms with Crippen LogP contribution < -0.4 is 4.90 Å². The van der Waals surface area contributed by atoms with E-state index in [4.69, 9.17) is 0 Å². The SMILES string of the molecule is C/C=C/C(F)(F)c1ccc(C2=C/CCN(c3cccc(F)c3)C(=O)/C(C(=O)O)=C\2)cc1. The van der Waals surface area contributed by atoms with Gasteiger partial charge in [-0.2, -0.15) is 8.78 Å². The largest absolute Gasteiger partial charge is 0.477 e. The number of carbonyl (C=O) groups is 2. The molecule has 0 radical (unpaired) electrons. The van der Waals surface area contributed by atoms with Crippen molar-refractivity contribution >= 4 is 23.1 Å². The number of alkyl halides is 2. The van der Waals surface area contributed by atoms with Crippen molar-refractivity contribution in [1.29, 1.82) is 0 Å². The van der Waals surface area contributed by atoms with Crippen molar-refractivity contribution in [3.05, 3.63) is 95.4 Å². The summed E-state index contributed by atoms with van der Waals surface area (Å²) in [5, 5.41) is 9.60. The maximum atomic E-state index is 14.0. The third-order valence-electron chi connectivity index (χ3n) is 4.82. The molecule has 7 heteroatoms. The highest BCUT2D eigenvalue weighted by Crippen LogP contribution is 2.31. The van der Waals surface area contributed by atoms with Crippen LogP contribution in [0.4, 0.5) is 18.9 Å².